The van der Waals surface area contributed by atoms with E-state index in [1.807, 2.05) is 0 Å². The monoisotopic (exact) mass is 226 g/mol. The lowest BCUT2D eigenvalue weighted by Gasteiger charge is -2.04. The van der Waals surface area contributed by atoms with Crippen molar-refractivity contribution < 1.29 is 29.3 Å². The molecular formula is C10H10O6. The molecule has 0 radical (unpaired) electrons. The first-order chi connectivity index (χ1) is 7.65. The fraction of sp³-hybridized carbons (Fsp3) is 0.200. The van der Waals surface area contributed by atoms with Crippen molar-refractivity contribution in [1.29, 1.82) is 0 Å². The summed E-state index contributed by atoms with van der Waals surface area (Å²) in [6.45, 7) is -1.41. The predicted molar refractivity (Wildman–Crippen MR) is 51.9 cm³/mol. The molecule has 0 aromatic heterocycles. The molecule has 0 aliphatic heterocycles. The van der Waals surface area contributed by atoms with Gasteiger partial charge in [0.05, 0.1) is 0 Å². The van der Waals surface area contributed by atoms with Gasteiger partial charge >= 0.3 is 11.9 Å². The van der Waals surface area contributed by atoms with Gasteiger partial charge in [0, 0.05) is 0 Å². The van der Waals surface area contributed by atoms with Gasteiger partial charge in [-0.1, -0.05) is 0 Å². The van der Waals surface area contributed by atoms with Crippen LogP contribution in [0.1, 0.15) is 0 Å². The van der Waals surface area contributed by atoms with Gasteiger partial charge in [0.15, 0.2) is 0 Å². The molecule has 0 aliphatic rings. The standard InChI is InChI=1S/C10H10O6/c11-5-9(13)15-7-1-2-8(4-3-7)16-10(14)6-12/h1-4,11-12H,5-6H2. The van der Waals surface area contributed by atoms with Crippen LogP contribution in [0.2, 0.25) is 0 Å². The number of rotatable bonds is 4. The van der Waals surface area contributed by atoms with Crippen LogP contribution in [0.3, 0.4) is 0 Å². The number of aliphatic hydroxyl groups excluding tert-OH is 2. The molecule has 0 aliphatic carbocycles. The summed E-state index contributed by atoms with van der Waals surface area (Å²) in [7, 11) is 0. The number of esters is 2. The SMILES string of the molecule is O=C(CO)Oc1ccc(OC(=O)CO)cc1. The average Bonchev–Trinajstić information content (AvgIpc) is 2.31. The lowest BCUT2D eigenvalue weighted by atomic mass is 10.3. The molecule has 1 aromatic rings. The lowest BCUT2D eigenvalue weighted by molar-refractivity contribution is -0.138. The first kappa shape index (κ1) is 12.2. The fourth-order valence-electron chi connectivity index (χ4n) is 0.903. The van der Waals surface area contributed by atoms with E-state index in [2.05, 4.69) is 9.47 Å². The van der Waals surface area contributed by atoms with Crippen molar-refractivity contribution in [2.24, 2.45) is 0 Å². The van der Waals surface area contributed by atoms with Crippen molar-refractivity contribution in [3.63, 3.8) is 0 Å². The van der Waals surface area contributed by atoms with Crippen LogP contribution < -0.4 is 9.47 Å². The summed E-state index contributed by atoms with van der Waals surface area (Å²) in [5.41, 5.74) is 0. The molecule has 0 atom stereocenters. The molecule has 16 heavy (non-hydrogen) atoms. The quantitative estimate of drug-likeness (QED) is 0.530. The summed E-state index contributed by atoms with van der Waals surface area (Å²) >= 11 is 0. The Morgan fingerprint density at radius 3 is 1.44 bits per heavy atom. The zero-order valence-corrected chi connectivity index (χ0v) is 8.25. The number of carbonyl (C=O) groups is 2. The Hall–Kier alpha value is -1.92. The number of aliphatic hydroxyl groups is 2. The Labute approximate surface area is 91.0 Å². The van der Waals surface area contributed by atoms with Crippen LogP contribution in [-0.2, 0) is 9.59 Å². The molecule has 6 heteroatoms. The molecule has 6 nitrogen and oxygen atoms in total. The molecule has 86 valence electrons. The highest BCUT2D eigenvalue weighted by atomic mass is 16.6. The smallest absolute Gasteiger partial charge is 0.337 e. The Morgan fingerprint density at radius 1 is 0.875 bits per heavy atom. The minimum atomic E-state index is -0.778. The summed E-state index contributed by atoms with van der Waals surface area (Å²) < 4.78 is 9.34. The first-order valence-corrected chi connectivity index (χ1v) is 4.39. The van der Waals surface area contributed by atoms with Crippen molar-refractivity contribution in [1.82, 2.24) is 0 Å². The van der Waals surface area contributed by atoms with E-state index in [0.717, 1.165) is 0 Å². The second-order valence-electron chi connectivity index (χ2n) is 2.74. The Kier molecular flexibility index (Phi) is 4.43. The molecule has 0 spiro atoms. The molecular weight excluding hydrogens is 216 g/mol. The summed E-state index contributed by atoms with van der Waals surface area (Å²) in [5.74, 6) is -1.11. The third-order valence-electron chi connectivity index (χ3n) is 1.55. The lowest BCUT2D eigenvalue weighted by Crippen LogP contribution is -2.13. The Bertz CT molecular complexity index is 332. The van der Waals surface area contributed by atoms with E-state index in [9.17, 15) is 9.59 Å². The van der Waals surface area contributed by atoms with Crippen molar-refractivity contribution in [2.45, 2.75) is 0 Å². The van der Waals surface area contributed by atoms with E-state index >= 15 is 0 Å². The maximum atomic E-state index is 10.7. The number of hydrogen-bond acceptors (Lipinski definition) is 6. The second-order valence-corrected chi connectivity index (χ2v) is 2.74. The van der Waals surface area contributed by atoms with Crippen LogP contribution in [0.15, 0.2) is 24.3 Å². The molecule has 0 saturated heterocycles. The number of benzene rings is 1. The zero-order chi connectivity index (χ0) is 12.0. The maximum absolute atomic E-state index is 10.7. The minimum absolute atomic E-state index is 0.225. The topological polar surface area (TPSA) is 93.1 Å². The molecule has 1 rings (SSSR count). The van der Waals surface area contributed by atoms with Crippen LogP contribution in [0, 0.1) is 0 Å². The summed E-state index contributed by atoms with van der Waals surface area (Å²) in [6, 6.07) is 5.59. The molecule has 1 aromatic carbocycles. The minimum Gasteiger partial charge on any atom is -0.425 e. The number of ether oxygens (including phenoxy) is 2. The van der Waals surface area contributed by atoms with Gasteiger partial charge in [-0.3, -0.25) is 0 Å². The predicted octanol–water partition coefficient (Wildman–Crippen LogP) is -0.518. The van der Waals surface area contributed by atoms with Crippen molar-refractivity contribution in [2.75, 3.05) is 13.2 Å². The average molecular weight is 226 g/mol. The van der Waals surface area contributed by atoms with Gasteiger partial charge in [-0.25, -0.2) is 9.59 Å². The van der Waals surface area contributed by atoms with Crippen LogP contribution in [0.4, 0.5) is 0 Å². The van der Waals surface area contributed by atoms with Crippen LogP contribution in [-0.4, -0.2) is 35.4 Å². The van der Waals surface area contributed by atoms with E-state index < -0.39 is 25.2 Å². The molecule has 0 unspecified atom stereocenters. The first-order valence-electron chi connectivity index (χ1n) is 4.39. The highest BCUT2D eigenvalue weighted by Crippen LogP contribution is 2.17. The van der Waals surface area contributed by atoms with Gasteiger partial charge in [-0.15, -0.1) is 0 Å². The number of hydrogen-bond donors (Lipinski definition) is 2. The van der Waals surface area contributed by atoms with E-state index in [1.165, 1.54) is 24.3 Å². The highest BCUT2D eigenvalue weighted by Gasteiger charge is 2.05. The van der Waals surface area contributed by atoms with Crippen LogP contribution in [0.25, 0.3) is 0 Å². The number of carbonyl (C=O) groups excluding carboxylic acids is 2. The van der Waals surface area contributed by atoms with Crippen LogP contribution in [0.5, 0.6) is 11.5 Å². The zero-order valence-electron chi connectivity index (χ0n) is 8.25. The summed E-state index contributed by atoms with van der Waals surface area (Å²) in [4.78, 5) is 21.4. The molecule has 0 bridgehead atoms. The molecule has 0 saturated carbocycles. The molecule has 0 fully saturated rings. The van der Waals surface area contributed by atoms with E-state index in [4.69, 9.17) is 10.2 Å². The van der Waals surface area contributed by atoms with E-state index in [1.54, 1.807) is 0 Å². The Morgan fingerprint density at radius 2 is 1.19 bits per heavy atom. The van der Waals surface area contributed by atoms with E-state index in [0.29, 0.717) is 0 Å². The van der Waals surface area contributed by atoms with Gasteiger partial charge in [-0.2, -0.15) is 0 Å². The van der Waals surface area contributed by atoms with Crippen LogP contribution >= 0.6 is 0 Å². The second kappa shape index (κ2) is 5.84. The van der Waals surface area contributed by atoms with Crippen molar-refractivity contribution in [3.8, 4) is 11.5 Å². The van der Waals surface area contributed by atoms with Crippen molar-refractivity contribution in [3.05, 3.63) is 24.3 Å². The molecule has 0 amide bonds. The largest absolute Gasteiger partial charge is 0.425 e. The molecule has 2 N–H and O–H groups in total. The fourth-order valence-corrected chi connectivity index (χ4v) is 0.903. The highest BCUT2D eigenvalue weighted by molar-refractivity contribution is 5.74. The van der Waals surface area contributed by atoms with Crippen molar-refractivity contribution >= 4 is 11.9 Å². The summed E-state index contributed by atoms with van der Waals surface area (Å²) in [5, 5.41) is 16.9. The van der Waals surface area contributed by atoms with Gasteiger partial charge in [0.2, 0.25) is 0 Å². The van der Waals surface area contributed by atoms with Gasteiger partial charge in [0.1, 0.15) is 24.7 Å². The van der Waals surface area contributed by atoms with Gasteiger partial charge in [0.25, 0.3) is 0 Å². The normalized spacial score (nSPS) is 9.62. The third kappa shape index (κ3) is 3.68. The summed E-state index contributed by atoms with van der Waals surface area (Å²) in [6.07, 6.45) is 0. The third-order valence-corrected chi connectivity index (χ3v) is 1.55. The van der Waals surface area contributed by atoms with Gasteiger partial charge < -0.3 is 19.7 Å². The molecule has 0 heterocycles. The maximum Gasteiger partial charge on any atom is 0.337 e. The van der Waals surface area contributed by atoms with Gasteiger partial charge in [-0.05, 0) is 24.3 Å². The Balaban J connectivity index is 2.60. The van der Waals surface area contributed by atoms with E-state index in [-0.39, 0.29) is 11.5 Å².